The molecule has 2 aliphatic rings. The lowest BCUT2D eigenvalue weighted by molar-refractivity contribution is -0.130. The Morgan fingerprint density at radius 3 is 2.57 bits per heavy atom. The number of nitrogens with zero attached hydrogens (tertiary/aromatic N) is 3. The Morgan fingerprint density at radius 1 is 1.36 bits per heavy atom. The standard InChI is InChI=1S/C18H32F2N6O2/c1-4-18(2)15(27)26(17(28)24-18)9-5-8-22-16(21-3)23-13-6-10-25(11-7-13)12-14(19)20/h13-14H,4-12H2,1-3H3,(H,24,28)(H2,21,22,23). The molecule has 0 aliphatic carbocycles. The third-order valence-corrected chi connectivity index (χ3v) is 5.45. The fraction of sp³-hybridized carbons (Fsp3) is 0.833. The summed E-state index contributed by atoms with van der Waals surface area (Å²) in [5.74, 6) is 0.459. The fourth-order valence-corrected chi connectivity index (χ4v) is 3.48. The number of hydrogen-bond acceptors (Lipinski definition) is 4. The minimum Gasteiger partial charge on any atom is -0.356 e. The number of rotatable bonds is 8. The number of imide groups is 1. The van der Waals surface area contributed by atoms with E-state index < -0.39 is 12.0 Å². The normalized spacial score (nSPS) is 24.8. The van der Waals surface area contributed by atoms with E-state index in [9.17, 15) is 18.4 Å². The van der Waals surface area contributed by atoms with Gasteiger partial charge < -0.3 is 16.0 Å². The molecule has 3 amide bonds. The first-order valence-electron chi connectivity index (χ1n) is 9.91. The zero-order valence-corrected chi connectivity index (χ0v) is 16.9. The van der Waals surface area contributed by atoms with Gasteiger partial charge in [0.1, 0.15) is 5.54 Å². The highest BCUT2D eigenvalue weighted by Crippen LogP contribution is 2.20. The molecule has 0 spiro atoms. The molecule has 0 aromatic heterocycles. The number of carbonyl (C=O) groups is 2. The van der Waals surface area contributed by atoms with Crippen LogP contribution in [-0.2, 0) is 4.79 Å². The molecule has 0 radical (unpaired) electrons. The van der Waals surface area contributed by atoms with Gasteiger partial charge in [-0.25, -0.2) is 13.6 Å². The molecule has 2 saturated heterocycles. The van der Waals surface area contributed by atoms with Crippen LogP contribution in [0.5, 0.6) is 0 Å². The highest BCUT2D eigenvalue weighted by molar-refractivity contribution is 6.06. The summed E-state index contributed by atoms with van der Waals surface area (Å²) >= 11 is 0. The maximum Gasteiger partial charge on any atom is 0.325 e. The Hall–Kier alpha value is -1.97. The van der Waals surface area contributed by atoms with E-state index in [4.69, 9.17) is 0 Å². The number of guanidine groups is 1. The van der Waals surface area contributed by atoms with Crippen LogP contribution in [0.2, 0.25) is 0 Å². The van der Waals surface area contributed by atoms with Crippen LogP contribution < -0.4 is 16.0 Å². The van der Waals surface area contributed by atoms with Gasteiger partial charge in [0.25, 0.3) is 12.3 Å². The van der Waals surface area contributed by atoms with Crippen molar-refractivity contribution in [2.45, 2.75) is 57.5 Å². The van der Waals surface area contributed by atoms with E-state index in [0.717, 1.165) is 12.8 Å². The number of alkyl halides is 2. The topological polar surface area (TPSA) is 89.1 Å². The van der Waals surface area contributed by atoms with E-state index in [2.05, 4.69) is 20.9 Å². The molecule has 160 valence electrons. The third-order valence-electron chi connectivity index (χ3n) is 5.45. The molecule has 1 atom stereocenters. The van der Waals surface area contributed by atoms with Crippen molar-refractivity contribution < 1.29 is 18.4 Å². The number of amides is 3. The van der Waals surface area contributed by atoms with Crippen LogP contribution in [0.1, 0.15) is 39.5 Å². The number of piperidine rings is 1. The molecular weight excluding hydrogens is 370 g/mol. The third kappa shape index (κ3) is 5.76. The van der Waals surface area contributed by atoms with Gasteiger partial charge in [-0.3, -0.25) is 19.6 Å². The van der Waals surface area contributed by atoms with Crippen molar-refractivity contribution >= 4 is 17.9 Å². The summed E-state index contributed by atoms with van der Waals surface area (Å²) in [6.45, 7) is 5.63. The van der Waals surface area contributed by atoms with E-state index in [1.165, 1.54) is 4.90 Å². The molecule has 0 bridgehead atoms. The number of urea groups is 1. The van der Waals surface area contributed by atoms with Gasteiger partial charge in [-0.05, 0) is 32.6 Å². The Morgan fingerprint density at radius 2 is 2.04 bits per heavy atom. The van der Waals surface area contributed by atoms with Gasteiger partial charge in [0.05, 0.1) is 6.54 Å². The molecular formula is C18H32F2N6O2. The molecule has 2 heterocycles. The van der Waals surface area contributed by atoms with Gasteiger partial charge >= 0.3 is 6.03 Å². The van der Waals surface area contributed by atoms with Crippen molar-refractivity contribution in [2.24, 2.45) is 4.99 Å². The van der Waals surface area contributed by atoms with Gasteiger partial charge in [-0.15, -0.1) is 0 Å². The monoisotopic (exact) mass is 402 g/mol. The van der Waals surface area contributed by atoms with E-state index in [1.807, 2.05) is 6.92 Å². The van der Waals surface area contributed by atoms with Gasteiger partial charge in [0.15, 0.2) is 5.96 Å². The molecule has 2 fully saturated rings. The van der Waals surface area contributed by atoms with Crippen molar-refractivity contribution in [3.63, 3.8) is 0 Å². The van der Waals surface area contributed by atoms with E-state index >= 15 is 0 Å². The van der Waals surface area contributed by atoms with Gasteiger partial charge in [-0.1, -0.05) is 6.92 Å². The van der Waals surface area contributed by atoms with Crippen molar-refractivity contribution in [2.75, 3.05) is 39.8 Å². The zero-order chi connectivity index (χ0) is 20.7. The highest BCUT2D eigenvalue weighted by atomic mass is 19.3. The largest absolute Gasteiger partial charge is 0.356 e. The fourth-order valence-electron chi connectivity index (χ4n) is 3.48. The average Bonchev–Trinajstić information content (AvgIpc) is 2.88. The first kappa shape index (κ1) is 22.3. The molecule has 3 N–H and O–H groups in total. The van der Waals surface area contributed by atoms with Crippen molar-refractivity contribution in [3.8, 4) is 0 Å². The molecule has 28 heavy (non-hydrogen) atoms. The molecule has 2 rings (SSSR count). The van der Waals surface area contributed by atoms with Gasteiger partial charge in [0, 0.05) is 39.3 Å². The van der Waals surface area contributed by atoms with Crippen LogP contribution in [-0.4, -0.2) is 85.5 Å². The van der Waals surface area contributed by atoms with Gasteiger partial charge in [-0.2, -0.15) is 0 Å². The first-order valence-corrected chi connectivity index (χ1v) is 9.91. The SMILES string of the molecule is CCC1(C)NC(=O)N(CCCNC(=NC)NC2CCN(CC(F)F)CC2)C1=O. The van der Waals surface area contributed by atoms with Crippen LogP contribution in [0, 0.1) is 0 Å². The average molecular weight is 402 g/mol. The van der Waals surface area contributed by atoms with E-state index in [0.29, 0.717) is 45.0 Å². The van der Waals surface area contributed by atoms with Crippen LogP contribution in [0.15, 0.2) is 4.99 Å². The molecule has 10 heteroatoms. The van der Waals surface area contributed by atoms with Crippen LogP contribution in [0.25, 0.3) is 0 Å². The molecule has 0 aromatic rings. The molecule has 8 nitrogen and oxygen atoms in total. The predicted molar refractivity (Wildman–Crippen MR) is 104 cm³/mol. The minimum atomic E-state index is -2.29. The number of likely N-dealkylation sites (tertiary alicyclic amines) is 1. The van der Waals surface area contributed by atoms with Crippen LogP contribution in [0.4, 0.5) is 13.6 Å². The highest BCUT2D eigenvalue weighted by Gasteiger charge is 2.45. The summed E-state index contributed by atoms with van der Waals surface area (Å²) in [6.07, 6.45) is 0.432. The maximum absolute atomic E-state index is 12.4. The lowest BCUT2D eigenvalue weighted by atomic mass is 9.99. The Kier molecular flexibility index (Phi) is 7.97. The second-order valence-corrected chi connectivity index (χ2v) is 7.54. The summed E-state index contributed by atoms with van der Waals surface area (Å²) in [5, 5.41) is 9.24. The minimum absolute atomic E-state index is 0.167. The lowest BCUT2D eigenvalue weighted by Crippen LogP contribution is -2.49. The number of carbonyl (C=O) groups excluding carboxylic acids is 2. The van der Waals surface area contributed by atoms with Gasteiger partial charge in [0.2, 0.25) is 0 Å². The summed E-state index contributed by atoms with van der Waals surface area (Å²) in [6, 6.07) is -0.149. The van der Waals surface area contributed by atoms with Crippen LogP contribution >= 0.6 is 0 Å². The van der Waals surface area contributed by atoms with E-state index in [1.54, 1.807) is 18.9 Å². The summed E-state index contributed by atoms with van der Waals surface area (Å²) in [5.41, 5.74) is -0.804. The summed E-state index contributed by atoms with van der Waals surface area (Å²) in [4.78, 5) is 31.6. The maximum atomic E-state index is 12.4. The predicted octanol–water partition coefficient (Wildman–Crippen LogP) is 0.992. The lowest BCUT2D eigenvalue weighted by Gasteiger charge is -2.32. The molecule has 1 unspecified atom stereocenters. The molecule has 0 aromatic carbocycles. The summed E-state index contributed by atoms with van der Waals surface area (Å²) in [7, 11) is 1.67. The summed E-state index contributed by atoms with van der Waals surface area (Å²) < 4.78 is 24.9. The van der Waals surface area contributed by atoms with Crippen molar-refractivity contribution in [3.05, 3.63) is 0 Å². The number of aliphatic imine (C=N–C) groups is 1. The Labute approximate surface area is 165 Å². The van der Waals surface area contributed by atoms with Crippen molar-refractivity contribution in [1.29, 1.82) is 0 Å². The zero-order valence-electron chi connectivity index (χ0n) is 16.9. The number of halogens is 2. The second kappa shape index (κ2) is 9.99. The number of nitrogens with one attached hydrogen (secondary N) is 3. The quantitative estimate of drug-likeness (QED) is 0.244. The number of hydrogen-bond donors (Lipinski definition) is 3. The molecule has 0 saturated carbocycles. The second-order valence-electron chi connectivity index (χ2n) is 7.54. The first-order chi connectivity index (χ1) is 13.3. The van der Waals surface area contributed by atoms with E-state index in [-0.39, 0.29) is 24.5 Å². The Balaban J connectivity index is 1.68. The smallest absolute Gasteiger partial charge is 0.325 e. The Bertz CT molecular complexity index is 580. The van der Waals surface area contributed by atoms with Crippen molar-refractivity contribution in [1.82, 2.24) is 25.8 Å². The molecule has 2 aliphatic heterocycles. The van der Waals surface area contributed by atoms with Crippen LogP contribution in [0.3, 0.4) is 0 Å².